The predicted molar refractivity (Wildman–Crippen MR) is 68.2 cm³/mol. The van der Waals surface area contributed by atoms with Crippen molar-refractivity contribution in [2.24, 2.45) is 10.2 Å². The number of hydrogen-bond donors (Lipinski definition) is 0. The van der Waals surface area contributed by atoms with Crippen molar-refractivity contribution in [1.29, 1.82) is 0 Å². The van der Waals surface area contributed by atoms with E-state index in [4.69, 9.17) is 0 Å². The van der Waals surface area contributed by atoms with Gasteiger partial charge in [0, 0.05) is 5.39 Å². The topological polar surface area (TPSA) is 24.7 Å². The molecular formula is C14H16N2. The van der Waals surface area contributed by atoms with E-state index in [0.29, 0.717) is 6.04 Å². The van der Waals surface area contributed by atoms with Gasteiger partial charge in [-0.25, -0.2) is 0 Å². The molecule has 0 spiro atoms. The van der Waals surface area contributed by atoms with E-state index in [0.717, 1.165) is 17.5 Å². The average Bonchev–Trinajstić information content (AvgIpc) is 2.35. The second-order valence-corrected chi connectivity index (χ2v) is 3.97. The molecule has 1 atom stereocenters. The van der Waals surface area contributed by atoms with Gasteiger partial charge in [0.2, 0.25) is 0 Å². The molecule has 0 radical (unpaired) electrons. The molecule has 0 fully saturated rings. The molecular weight excluding hydrogens is 196 g/mol. The largest absolute Gasteiger partial charge is 0.186 e. The Morgan fingerprint density at radius 2 is 1.81 bits per heavy atom. The number of rotatable bonds is 3. The lowest BCUT2D eigenvalue weighted by molar-refractivity contribution is 0.681. The molecule has 0 aromatic heterocycles. The predicted octanol–water partition coefficient (Wildman–Crippen LogP) is 4.72. The number of benzene rings is 2. The van der Waals surface area contributed by atoms with Crippen LogP contribution < -0.4 is 0 Å². The summed E-state index contributed by atoms with van der Waals surface area (Å²) in [5.41, 5.74) is 0.957. The van der Waals surface area contributed by atoms with Crippen LogP contribution in [0.4, 0.5) is 5.69 Å². The van der Waals surface area contributed by atoms with Crippen molar-refractivity contribution in [3.05, 3.63) is 42.5 Å². The Morgan fingerprint density at radius 1 is 1.06 bits per heavy atom. The Kier molecular flexibility index (Phi) is 3.30. The molecule has 0 N–H and O–H groups in total. The maximum atomic E-state index is 4.33. The van der Waals surface area contributed by atoms with Gasteiger partial charge in [-0.15, -0.1) is 0 Å². The van der Waals surface area contributed by atoms with Crippen LogP contribution in [-0.2, 0) is 0 Å². The van der Waals surface area contributed by atoms with E-state index < -0.39 is 0 Å². The Morgan fingerprint density at radius 3 is 2.62 bits per heavy atom. The third-order valence-corrected chi connectivity index (χ3v) is 2.72. The molecule has 0 bridgehead atoms. The summed E-state index contributed by atoms with van der Waals surface area (Å²) in [6, 6.07) is 14.7. The van der Waals surface area contributed by atoms with Crippen molar-refractivity contribution >= 4 is 16.5 Å². The molecule has 0 amide bonds. The quantitative estimate of drug-likeness (QED) is 0.657. The molecule has 0 heterocycles. The lowest BCUT2D eigenvalue weighted by atomic mass is 10.1. The fourth-order valence-corrected chi connectivity index (χ4v) is 1.54. The van der Waals surface area contributed by atoms with Crippen LogP contribution in [-0.4, -0.2) is 6.04 Å². The monoisotopic (exact) mass is 212 g/mol. The molecule has 16 heavy (non-hydrogen) atoms. The second kappa shape index (κ2) is 4.88. The Balaban J connectivity index is 2.41. The first-order valence-corrected chi connectivity index (χ1v) is 5.70. The minimum Gasteiger partial charge on any atom is -0.186 e. The zero-order chi connectivity index (χ0) is 11.4. The molecule has 2 aromatic rings. The van der Waals surface area contributed by atoms with Gasteiger partial charge in [-0.05, 0) is 24.8 Å². The van der Waals surface area contributed by atoms with Crippen LogP contribution in [0.1, 0.15) is 20.3 Å². The van der Waals surface area contributed by atoms with E-state index in [1.165, 1.54) is 5.39 Å². The molecule has 0 aliphatic carbocycles. The molecule has 0 aliphatic heterocycles. The molecule has 0 saturated carbocycles. The lowest BCUT2D eigenvalue weighted by Crippen LogP contribution is -1.91. The number of azo groups is 1. The van der Waals surface area contributed by atoms with Crippen LogP contribution in [0.5, 0.6) is 0 Å². The van der Waals surface area contributed by atoms with Gasteiger partial charge in [0.1, 0.15) is 0 Å². The standard InChI is InChI=1S/C14H16N2/c1-3-11(2)15-16-14-10-6-8-12-7-4-5-9-13(12)14/h4-11H,3H2,1-2H3. The minimum atomic E-state index is 0.291. The van der Waals surface area contributed by atoms with E-state index in [2.05, 4.69) is 42.3 Å². The first-order chi connectivity index (χ1) is 7.81. The van der Waals surface area contributed by atoms with E-state index in [1.807, 2.05) is 24.3 Å². The van der Waals surface area contributed by atoms with Crippen molar-refractivity contribution in [3.8, 4) is 0 Å². The van der Waals surface area contributed by atoms with Crippen LogP contribution in [0.3, 0.4) is 0 Å². The lowest BCUT2D eigenvalue weighted by Gasteiger charge is -2.02. The SMILES string of the molecule is CCC(C)N=Nc1cccc2ccccc12. The highest BCUT2D eigenvalue weighted by Crippen LogP contribution is 2.26. The number of hydrogen-bond acceptors (Lipinski definition) is 2. The molecule has 0 saturated heterocycles. The van der Waals surface area contributed by atoms with Crippen molar-refractivity contribution in [3.63, 3.8) is 0 Å². The Labute approximate surface area is 96.0 Å². The first-order valence-electron chi connectivity index (χ1n) is 5.70. The van der Waals surface area contributed by atoms with E-state index in [-0.39, 0.29) is 0 Å². The summed E-state index contributed by atoms with van der Waals surface area (Å²) in [5, 5.41) is 11.0. The molecule has 2 nitrogen and oxygen atoms in total. The number of nitrogens with zero attached hydrogens (tertiary/aromatic N) is 2. The highest BCUT2D eigenvalue weighted by Gasteiger charge is 1.99. The molecule has 2 aromatic carbocycles. The van der Waals surface area contributed by atoms with Crippen LogP contribution in [0.25, 0.3) is 10.8 Å². The van der Waals surface area contributed by atoms with Crippen LogP contribution in [0.2, 0.25) is 0 Å². The van der Waals surface area contributed by atoms with Gasteiger partial charge in [-0.3, -0.25) is 0 Å². The molecule has 0 aliphatic rings. The van der Waals surface area contributed by atoms with Crippen molar-refractivity contribution in [2.75, 3.05) is 0 Å². The second-order valence-electron chi connectivity index (χ2n) is 3.97. The fraction of sp³-hybridized carbons (Fsp3) is 0.286. The van der Waals surface area contributed by atoms with Gasteiger partial charge < -0.3 is 0 Å². The van der Waals surface area contributed by atoms with Gasteiger partial charge in [-0.2, -0.15) is 10.2 Å². The smallest absolute Gasteiger partial charge is 0.0930 e. The zero-order valence-electron chi connectivity index (χ0n) is 9.72. The Bertz CT molecular complexity index is 498. The van der Waals surface area contributed by atoms with E-state index in [9.17, 15) is 0 Å². The summed E-state index contributed by atoms with van der Waals surface area (Å²) in [6.07, 6.45) is 1.02. The third kappa shape index (κ3) is 2.27. The van der Waals surface area contributed by atoms with Gasteiger partial charge >= 0.3 is 0 Å². The van der Waals surface area contributed by atoms with E-state index >= 15 is 0 Å². The average molecular weight is 212 g/mol. The van der Waals surface area contributed by atoms with Crippen molar-refractivity contribution in [2.45, 2.75) is 26.3 Å². The summed E-state index contributed by atoms with van der Waals surface area (Å²) in [6.45, 7) is 4.20. The maximum Gasteiger partial charge on any atom is 0.0930 e. The third-order valence-electron chi connectivity index (χ3n) is 2.72. The van der Waals surface area contributed by atoms with Gasteiger partial charge in [0.15, 0.2) is 0 Å². The minimum absolute atomic E-state index is 0.291. The van der Waals surface area contributed by atoms with Gasteiger partial charge in [0.25, 0.3) is 0 Å². The first kappa shape index (κ1) is 10.8. The van der Waals surface area contributed by atoms with Gasteiger partial charge in [0.05, 0.1) is 11.7 Å². The summed E-state index contributed by atoms with van der Waals surface area (Å²) in [4.78, 5) is 0. The fourth-order valence-electron chi connectivity index (χ4n) is 1.54. The van der Waals surface area contributed by atoms with Crippen molar-refractivity contribution in [1.82, 2.24) is 0 Å². The molecule has 82 valence electrons. The highest BCUT2D eigenvalue weighted by molar-refractivity contribution is 5.92. The normalized spacial score (nSPS) is 13.4. The van der Waals surface area contributed by atoms with Gasteiger partial charge in [-0.1, -0.05) is 43.3 Å². The molecule has 2 rings (SSSR count). The summed E-state index contributed by atoms with van der Waals surface area (Å²) in [5.74, 6) is 0. The zero-order valence-corrected chi connectivity index (χ0v) is 9.72. The highest BCUT2D eigenvalue weighted by atomic mass is 15.1. The van der Waals surface area contributed by atoms with Crippen molar-refractivity contribution < 1.29 is 0 Å². The summed E-state index contributed by atoms with van der Waals surface area (Å²) < 4.78 is 0. The maximum absolute atomic E-state index is 4.33. The van der Waals surface area contributed by atoms with Crippen LogP contribution in [0, 0.1) is 0 Å². The summed E-state index contributed by atoms with van der Waals surface area (Å²) in [7, 11) is 0. The van der Waals surface area contributed by atoms with E-state index in [1.54, 1.807) is 0 Å². The van der Waals surface area contributed by atoms with Crippen LogP contribution >= 0.6 is 0 Å². The molecule has 2 heteroatoms. The molecule has 1 unspecified atom stereocenters. The number of fused-ring (bicyclic) bond motifs is 1. The summed E-state index contributed by atoms with van der Waals surface area (Å²) >= 11 is 0. The van der Waals surface area contributed by atoms with Crippen LogP contribution in [0.15, 0.2) is 52.7 Å². The Hall–Kier alpha value is -1.70.